The Kier molecular flexibility index (Phi) is 6.14. The molecule has 0 fully saturated rings. The number of anilines is 1. The van der Waals surface area contributed by atoms with Gasteiger partial charge in [0.05, 0.1) is 10.5 Å². The monoisotopic (exact) mass is 293 g/mol. The van der Waals surface area contributed by atoms with Crippen molar-refractivity contribution in [3.8, 4) is 0 Å². The average molecular weight is 293 g/mol. The van der Waals surface area contributed by atoms with E-state index < -0.39 is 4.92 Å². The fraction of sp³-hybridized carbons (Fsp3) is 0.533. The molecule has 1 amide bonds. The molecule has 1 rings (SSSR count). The Morgan fingerprint density at radius 3 is 2.43 bits per heavy atom. The van der Waals surface area contributed by atoms with Crippen LogP contribution in [0, 0.1) is 16.0 Å². The van der Waals surface area contributed by atoms with Gasteiger partial charge in [-0.1, -0.05) is 32.8 Å². The molecule has 21 heavy (non-hydrogen) atoms. The minimum Gasteiger partial charge on any atom is -0.393 e. The van der Waals surface area contributed by atoms with Crippen LogP contribution in [0.2, 0.25) is 0 Å². The third kappa shape index (κ3) is 3.93. The van der Waals surface area contributed by atoms with Gasteiger partial charge in [0.1, 0.15) is 5.69 Å². The summed E-state index contributed by atoms with van der Waals surface area (Å²) in [5.41, 5.74) is 5.71. The highest BCUT2D eigenvalue weighted by molar-refractivity contribution is 6.01. The van der Waals surface area contributed by atoms with E-state index in [1.807, 2.05) is 6.92 Å². The Balaban J connectivity index is 3.05. The van der Waals surface area contributed by atoms with Crippen LogP contribution in [0.4, 0.5) is 11.4 Å². The van der Waals surface area contributed by atoms with Gasteiger partial charge in [0.15, 0.2) is 0 Å². The van der Waals surface area contributed by atoms with Crippen molar-refractivity contribution < 1.29 is 9.72 Å². The molecule has 1 aromatic carbocycles. The Morgan fingerprint density at radius 2 is 1.95 bits per heavy atom. The van der Waals surface area contributed by atoms with Gasteiger partial charge in [-0.15, -0.1) is 0 Å². The largest absolute Gasteiger partial charge is 0.393 e. The fourth-order valence-electron chi connectivity index (χ4n) is 2.28. The van der Waals surface area contributed by atoms with Gasteiger partial charge >= 0.3 is 0 Å². The van der Waals surface area contributed by atoms with Gasteiger partial charge < -0.3 is 10.6 Å². The average Bonchev–Trinajstić information content (AvgIpc) is 2.48. The normalized spacial score (nSPS) is 10.7. The maximum absolute atomic E-state index is 12.6. The van der Waals surface area contributed by atoms with Crippen LogP contribution in [0.15, 0.2) is 18.2 Å². The second-order valence-corrected chi connectivity index (χ2v) is 5.02. The van der Waals surface area contributed by atoms with Gasteiger partial charge in [-0.25, -0.2) is 0 Å². The third-order valence-corrected chi connectivity index (χ3v) is 3.81. The number of nitro benzene ring substituents is 1. The summed E-state index contributed by atoms with van der Waals surface area (Å²) >= 11 is 0. The van der Waals surface area contributed by atoms with Crippen LogP contribution in [0.1, 0.15) is 44.0 Å². The van der Waals surface area contributed by atoms with Crippen LogP contribution in [0.5, 0.6) is 0 Å². The van der Waals surface area contributed by atoms with E-state index in [9.17, 15) is 14.9 Å². The maximum Gasteiger partial charge on any atom is 0.292 e. The van der Waals surface area contributed by atoms with Gasteiger partial charge in [0.25, 0.3) is 11.6 Å². The first-order valence-corrected chi connectivity index (χ1v) is 7.28. The zero-order valence-electron chi connectivity index (χ0n) is 12.8. The predicted molar refractivity (Wildman–Crippen MR) is 83.2 cm³/mol. The summed E-state index contributed by atoms with van der Waals surface area (Å²) in [5.74, 6) is 0.180. The Labute approximate surface area is 125 Å². The van der Waals surface area contributed by atoms with E-state index in [1.165, 1.54) is 12.1 Å². The third-order valence-electron chi connectivity index (χ3n) is 3.81. The molecule has 0 saturated carbocycles. The molecule has 116 valence electrons. The maximum atomic E-state index is 12.6. The summed E-state index contributed by atoms with van der Waals surface area (Å²) in [6, 6.07) is 4.34. The van der Waals surface area contributed by atoms with Gasteiger partial charge in [-0.2, -0.15) is 0 Å². The topological polar surface area (TPSA) is 89.5 Å². The summed E-state index contributed by atoms with van der Waals surface area (Å²) in [6.45, 7) is 7.28. The quantitative estimate of drug-likeness (QED) is 0.475. The zero-order chi connectivity index (χ0) is 16.0. The van der Waals surface area contributed by atoms with Crippen molar-refractivity contribution in [1.29, 1.82) is 0 Å². The fourth-order valence-corrected chi connectivity index (χ4v) is 2.28. The first kappa shape index (κ1) is 16.9. The molecule has 0 bridgehead atoms. The van der Waals surface area contributed by atoms with Crippen LogP contribution in [-0.4, -0.2) is 28.8 Å². The minimum absolute atomic E-state index is 0.0597. The first-order valence-electron chi connectivity index (χ1n) is 7.28. The van der Waals surface area contributed by atoms with Crippen molar-refractivity contribution in [2.45, 2.75) is 33.6 Å². The molecule has 0 aliphatic heterocycles. The zero-order valence-corrected chi connectivity index (χ0v) is 12.8. The van der Waals surface area contributed by atoms with E-state index in [0.29, 0.717) is 19.0 Å². The summed E-state index contributed by atoms with van der Waals surface area (Å²) in [6.07, 6.45) is 1.98. The van der Waals surface area contributed by atoms with Crippen LogP contribution in [-0.2, 0) is 0 Å². The molecular weight excluding hydrogens is 270 g/mol. The Morgan fingerprint density at radius 1 is 1.33 bits per heavy atom. The van der Waals surface area contributed by atoms with Gasteiger partial charge in [-0.3, -0.25) is 14.9 Å². The van der Waals surface area contributed by atoms with E-state index >= 15 is 0 Å². The molecule has 0 radical (unpaired) electrons. The number of carbonyl (C=O) groups excluding carboxylic acids is 1. The van der Waals surface area contributed by atoms with Gasteiger partial charge in [-0.05, 0) is 18.9 Å². The van der Waals surface area contributed by atoms with Gasteiger partial charge in [0, 0.05) is 19.2 Å². The number of rotatable bonds is 7. The molecule has 0 aliphatic carbocycles. The number of nitrogens with zero attached hydrogens (tertiary/aromatic N) is 2. The number of amides is 1. The number of nitro groups is 1. The molecule has 0 unspecified atom stereocenters. The number of nitrogen functional groups attached to an aromatic ring is 1. The number of para-hydroxylation sites is 1. The number of hydrogen-bond acceptors (Lipinski definition) is 4. The molecule has 0 heterocycles. The SMILES string of the molecule is CCC(CC)CN(CC)C(=O)c1cccc([N+](=O)[O-])c1N. The van der Waals surface area contributed by atoms with E-state index in [-0.39, 0.29) is 22.8 Å². The molecule has 1 aromatic rings. The molecule has 6 nitrogen and oxygen atoms in total. The minimum atomic E-state index is -0.566. The van der Waals surface area contributed by atoms with Crippen LogP contribution in [0.25, 0.3) is 0 Å². The van der Waals surface area contributed by atoms with Crippen molar-refractivity contribution >= 4 is 17.3 Å². The number of carbonyl (C=O) groups is 1. The molecule has 0 spiro atoms. The van der Waals surface area contributed by atoms with E-state index in [2.05, 4.69) is 13.8 Å². The molecule has 0 saturated heterocycles. The van der Waals surface area contributed by atoms with Crippen LogP contribution in [0.3, 0.4) is 0 Å². The highest BCUT2D eigenvalue weighted by atomic mass is 16.6. The van der Waals surface area contributed by atoms with E-state index in [4.69, 9.17) is 5.73 Å². The highest BCUT2D eigenvalue weighted by Gasteiger charge is 2.23. The lowest BCUT2D eigenvalue weighted by Gasteiger charge is -2.26. The second-order valence-electron chi connectivity index (χ2n) is 5.02. The summed E-state index contributed by atoms with van der Waals surface area (Å²) < 4.78 is 0. The smallest absolute Gasteiger partial charge is 0.292 e. The predicted octanol–water partition coefficient (Wildman–Crippen LogP) is 3.08. The summed E-state index contributed by atoms with van der Waals surface area (Å²) in [5, 5.41) is 10.9. The van der Waals surface area contributed by atoms with Gasteiger partial charge in [0.2, 0.25) is 0 Å². The van der Waals surface area contributed by atoms with E-state index in [1.54, 1.807) is 11.0 Å². The number of nitrogens with two attached hydrogens (primary N) is 1. The highest BCUT2D eigenvalue weighted by Crippen LogP contribution is 2.26. The molecule has 2 N–H and O–H groups in total. The molecule has 6 heteroatoms. The van der Waals surface area contributed by atoms with Crippen LogP contribution >= 0.6 is 0 Å². The summed E-state index contributed by atoms with van der Waals surface area (Å²) in [7, 11) is 0. The van der Waals surface area contributed by atoms with Crippen molar-refractivity contribution in [2.75, 3.05) is 18.8 Å². The lowest BCUT2D eigenvalue weighted by atomic mass is 10.0. The van der Waals surface area contributed by atoms with Crippen molar-refractivity contribution in [3.05, 3.63) is 33.9 Å². The van der Waals surface area contributed by atoms with Crippen molar-refractivity contribution in [1.82, 2.24) is 4.90 Å². The first-order chi connectivity index (χ1) is 9.96. The Bertz CT molecular complexity index is 513. The summed E-state index contributed by atoms with van der Waals surface area (Å²) in [4.78, 5) is 24.6. The van der Waals surface area contributed by atoms with Crippen LogP contribution < -0.4 is 5.73 Å². The second kappa shape index (κ2) is 7.61. The molecule has 0 aliphatic rings. The number of hydrogen-bond donors (Lipinski definition) is 1. The Hall–Kier alpha value is -2.11. The lowest BCUT2D eigenvalue weighted by Crippen LogP contribution is -2.35. The molecule has 0 aromatic heterocycles. The van der Waals surface area contributed by atoms with E-state index in [0.717, 1.165) is 12.8 Å². The molecule has 0 atom stereocenters. The van der Waals surface area contributed by atoms with Crippen molar-refractivity contribution in [3.63, 3.8) is 0 Å². The lowest BCUT2D eigenvalue weighted by molar-refractivity contribution is -0.383. The standard InChI is InChI=1S/C15H23N3O3/c1-4-11(5-2)10-17(6-3)15(19)12-8-7-9-13(14(12)16)18(20)21/h7-9,11H,4-6,10,16H2,1-3H3. The number of benzene rings is 1. The molecular formula is C15H23N3O3. The van der Waals surface area contributed by atoms with Crippen molar-refractivity contribution in [2.24, 2.45) is 5.92 Å².